The van der Waals surface area contributed by atoms with Crippen LogP contribution in [-0.2, 0) is 6.42 Å². The van der Waals surface area contributed by atoms with E-state index in [0.29, 0.717) is 17.7 Å². The van der Waals surface area contributed by atoms with Crippen molar-refractivity contribution >= 4 is 34.1 Å². The molecule has 0 fully saturated rings. The summed E-state index contributed by atoms with van der Waals surface area (Å²) in [5, 5.41) is 2.10. The minimum absolute atomic E-state index is 0.319. The van der Waals surface area contributed by atoms with Gasteiger partial charge in [-0.05, 0) is 36.6 Å². The van der Waals surface area contributed by atoms with Crippen molar-refractivity contribution in [2.45, 2.75) is 19.4 Å². The van der Waals surface area contributed by atoms with Crippen molar-refractivity contribution in [3.05, 3.63) is 40.6 Å². The van der Waals surface area contributed by atoms with Crippen molar-refractivity contribution in [1.29, 1.82) is 0 Å². The van der Waals surface area contributed by atoms with Gasteiger partial charge in [0.2, 0.25) is 0 Å². The Bertz CT molecular complexity index is 705. The molecule has 0 bridgehead atoms. The predicted octanol–water partition coefficient (Wildman–Crippen LogP) is 3.54. The molecule has 5 heteroatoms. The van der Waals surface area contributed by atoms with Crippen LogP contribution >= 0.6 is 11.3 Å². The summed E-state index contributed by atoms with van der Waals surface area (Å²) in [6.07, 6.45) is 0.981. The largest absolute Gasteiger partial charge is 0.423 e. The summed E-state index contributed by atoms with van der Waals surface area (Å²) in [6.45, 7) is 2.17. The van der Waals surface area contributed by atoms with Gasteiger partial charge in [-0.15, -0.1) is 11.3 Å². The second kappa shape index (κ2) is 5.17. The van der Waals surface area contributed by atoms with Gasteiger partial charge < -0.3 is 15.1 Å². The van der Waals surface area contributed by atoms with E-state index in [1.807, 2.05) is 25.2 Å². The van der Waals surface area contributed by atoms with Gasteiger partial charge in [0.25, 0.3) is 6.01 Å². The Hall–Kier alpha value is -2.01. The maximum atomic E-state index is 5.79. The molecule has 3 rings (SSSR count). The highest BCUT2D eigenvalue weighted by atomic mass is 32.1. The zero-order valence-electron chi connectivity index (χ0n) is 11.5. The number of benzene rings is 1. The smallest absolute Gasteiger partial charge is 0.298 e. The van der Waals surface area contributed by atoms with Crippen LogP contribution in [0.25, 0.3) is 11.1 Å². The minimum atomic E-state index is 0.319. The Labute approximate surface area is 121 Å². The van der Waals surface area contributed by atoms with Crippen LogP contribution in [0.5, 0.6) is 0 Å². The first-order chi connectivity index (χ1) is 9.63. The van der Waals surface area contributed by atoms with Crippen molar-refractivity contribution in [2.75, 3.05) is 17.7 Å². The Balaban J connectivity index is 1.82. The molecule has 104 valence electrons. The van der Waals surface area contributed by atoms with Gasteiger partial charge >= 0.3 is 0 Å². The molecule has 0 aliphatic heterocycles. The molecule has 0 saturated heterocycles. The Morgan fingerprint density at radius 1 is 1.40 bits per heavy atom. The van der Waals surface area contributed by atoms with Crippen LogP contribution in [0.1, 0.15) is 11.8 Å². The fraction of sp³-hybridized carbons (Fsp3) is 0.267. The Morgan fingerprint density at radius 2 is 2.25 bits per heavy atom. The summed E-state index contributed by atoms with van der Waals surface area (Å²) in [7, 11) is 2.01. The monoisotopic (exact) mass is 287 g/mol. The van der Waals surface area contributed by atoms with Crippen LogP contribution < -0.4 is 10.6 Å². The lowest BCUT2D eigenvalue weighted by Crippen LogP contribution is -2.30. The first-order valence-electron chi connectivity index (χ1n) is 6.55. The van der Waals surface area contributed by atoms with Crippen LogP contribution in [0.2, 0.25) is 0 Å². The summed E-state index contributed by atoms with van der Waals surface area (Å²) in [6, 6.07) is 10.7. The van der Waals surface area contributed by atoms with E-state index in [0.717, 1.165) is 17.5 Å². The summed E-state index contributed by atoms with van der Waals surface area (Å²) in [5.74, 6) is 0. The highest BCUT2D eigenvalue weighted by Crippen LogP contribution is 2.25. The molecular formula is C15H17N3OS. The molecule has 1 unspecified atom stereocenters. The third-order valence-corrected chi connectivity index (χ3v) is 4.34. The quantitative estimate of drug-likeness (QED) is 0.746. The third kappa shape index (κ3) is 2.49. The Morgan fingerprint density at radius 3 is 3.00 bits per heavy atom. The van der Waals surface area contributed by atoms with E-state index in [4.69, 9.17) is 10.2 Å². The predicted molar refractivity (Wildman–Crippen MR) is 84.3 cm³/mol. The number of anilines is 2. The standard InChI is InChI=1S/C15H17N3OS/c1-10(8-12-4-3-7-20-12)18(2)15-17-13-9-11(16)5-6-14(13)19-15/h3-7,9-10H,8,16H2,1-2H3. The third-order valence-electron chi connectivity index (χ3n) is 3.44. The summed E-state index contributed by atoms with van der Waals surface area (Å²) < 4.78 is 5.79. The topological polar surface area (TPSA) is 55.3 Å². The summed E-state index contributed by atoms with van der Waals surface area (Å²) in [4.78, 5) is 7.94. The molecular weight excluding hydrogens is 270 g/mol. The number of nitrogens with two attached hydrogens (primary N) is 1. The molecule has 2 aromatic heterocycles. The van der Waals surface area contributed by atoms with Crippen molar-refractivity contribution in [1.82, 2.24) is 4.98 Å². The number of rotatable bonds is 4. The normalized spacial score (nSPS) is 12.7. The average molecular weight is 287 g/mol. The lowest BCUT2D eigenvalue weighted by atomic mass is 10.2. The number of nitrogens with zero attached hydrogens (tertiary/aromatic N) is 2. The number of nitrogen functional groups attached to an aromatic ring is 1. The number of fused-ring (bicyclic) bond motifs is 1. The maximum Gasteiger partial charge on any atom is 0.298 e. The van der Waals surface area contributed by atoms with E-state index >= 15 is 0 Å². The molecule has 1 atom stereocenters. The van der Waals surface area contributed by atoms with Crippen LogP contribution in [-0.4, -0.2) is 18.1 Å². The van der Waals surface area contributed by atoms with Crippen molar-refractivity contribution < 1.29 is 4.42 Å². The van der Waals surface area contributed by atoms with Crippen LogP contribution in [0.3, 0.4) is 0 Å². The highest BCUT2D eigenvalue weighted by molar-refractivity contribution is 7.09. The van der Waals surface area contributed by atoms with Crippen LogP contribution in [0.15, 0.2) is 40.1 Å². The number of oxazole rings is 1. The molecule has 0 radical (unpaired) electrons. The van der Waals surface area contributed by atoms with Gasteiger partial charge in [-0.1, -0.05) is 6.07 Å². The van der Waals surface area contributed by atoms with Gasteiger partial charge in [-0.2, -0.15) is 4.98 Å². The molecule has 0 amide bonds. The number of likely N-dealkylation sites (N-methyl/N-ethyl adjacent to an activating group) is 1. The first kappa shape index (κ1) is 13.0. The molecule has 0 spiro atoms. The van der Waals surface area contributed by atoms with E-state index < -0.39 is 0 Å². The second-order valence-electron chi connectivity index (χ2n) is 4.97. The SMILES string of the molecule is CC(Cc1cccs1)N(C)c1nc2cc(N)ccc2o1. The molecule has 4 nitrogen and oxygen atoms in total. The van der Waals surface area contributed by atoms with E-state index in [-0.39, 0.29) is 0 Å². The average Bonchev–Trinajstić information content (AvgIpc) is 3.06. The zero-order valence-corrected chi connectivity index (χ0v) is 12.4. The number of thiophene rings is 1. The molecule has 2 heterocycles. The van der Waals surface area contributed by atoms with Crippen molar-refractivity contribution in [2.24, 2.45) is 0 Å². The highest BCUT2D eigenvalue weighted by Gasteiger charge is 2.16. The Kier molecular flexibility index (Phi) is 3.36. The zero-order chi connectivity index (χ0) is 14.1. The van der Waals surface area contributed by atoms with E-state index in [1.54, 1.807) is 11.3 Å². The van der Waals surface area contributed by atoms with Gasteiger partial charge in [0, 0.05) is 30.1 Å². The lowest BCUT2D eigenvalue weighted by Gasteiger charge is -2.22. The van der Waals surface area contributed by atoms with Crippen LogP contribution in [0.4, 0.5) is 11.7 Å². The first-order valence-corrected chi connectivity index (χ1v) is 7.43. The second-order valence-corrected chi connectivity index (χ2v) is 6.00. The fourth-order valence-electron chi connectivity index (χ4n) is 2.13. The maximum absolute atomic E-state index is 5.79. The molecule has 20 heavy (non-hydrogen) atoms. The number of aromatic nitrogens is 1. The number of hydrogen-bond donors (Lipinski definition) is 1. The molecule has 1 aromatic carbocycles. The minimum Gasteiger partial charge on any atom is -0.423 e. The van der Waals surface area contributed by atoms with Gasteiger partial charge in [0.05, 0.1) is 0 Å². The van der Waals surface area contributed by atoms with Gasteiger partial charge in [0.1, 0.15) is 5.52 Å². The van der Waals surface area contributed by atoms with Crippen molar-refractivity contribution in [3.8, 4) is 0 Å². The lowest BCUT2D eigenvalue weighted by molar-refractivity contribution is 0.548. The summed E-state index contributed by atoms with van der Waals surface area (Å²) >= 11 is 1.78. The molecule has 0 saturated carbocycles. The van der Waals surface area contributed by atoms with Gasteiger partial charge in [0.15, 0.2) is 5.58 Å². The summed E-state index contributed by atoms with van der Waals surface area (Å²) in [5.41, 5.74) is 8.04. The molecule has 3 aromatic rings. The van der Waals surface area contributed by atoms with E-state index in [2.05, 4.69) is 34.3 Å². The van der Waals surface area contributed by atoms with Gasteiger partial charge in [-0.3, -0.25) is 0 Å². The van der Waals surface area contributed by atoms with Crippen LogP contribution in [0, 0.1) is 0 Å². The van der Waals surface area contributed by atoms with Gasteiger partial charge in [-0.25, -0.2) is 0 Å². The van der Waals surface area contributed by atoms with E-state index in [9.17, 15) is 0 Å². The van der Waals surface area contributed by atoms with Crippen molar-refractivity contribution in [3.63, 3.8) is 0 Å². The molecule has 0 aliphatic carbocycles. The molecule has 0 aliphatic rings. The molecule has 2 N–H and O–H groups in total. The van der Waals surface area contributed by atoms with E-state index in [1.165, 1.54) is 4.88 Å². The fourth-order valence-corrected chi connectivity index (χ4v) is 2.95. The number of hydrogen-bond acceptors (Lipinski definition) is 5.